The second-order valence-corrected chi connectivity index (χ2v) is 5.60. The number of fused-ring (bicyclic) bond motifs is 1. The summed E-state index contributed by atoms with van der Waals surface area (Å²) >= 11 is 0. The molecule has 2 fully saturated rings. The molecule has 0 spiro atoms. The van der Waals surface area contributed by atoms with E-state index >= 15 is 0 Å². The molecule has 15 heavy (non-hydrogen) atoms. The van der Waals surface area contributed by atoms with E-state index in [1.807, 2.05) is 0 Å². The van der Waals surface area contributed by atoms with E-state index in [4.69, 9.17) is 0 Å². The van der Waals surface area contributed by atoms with Crippen LogP contribution in [0.4, 0.5) is 0 Å². The number of nitrogens with one attached hydrogen (secondary N) is 1. The molecule has 0 bridgehead atoms. The van der Waals surface area contributed by atoms with Gasteiger partial charge in [0.1, 0.15) is 0 Å². The van der Waals surface area contributed by atoms with Crippen molar-refractivity contribution < 1.29 is 0 Å². The molecular formula is C14H27N. The van der Waals surface area contributed by atoms with Crippen LogP contribution in [-0.2, 0) is 0 Å². The highest BCUT2D eigenvalue weighted by Crippen LogP contribution is 2.34. The summed E-state index contributed by atoms with van der Waals surface area (Å²) in [4.78, 5) is 0. The van der Waals surface area contributed by atoms with Crippen LogP contribution in [0.5, 0.6) is 0 Å². The fourth-order valence-corrected chi connectivity index (χ4v) is 3.46. The molecule has 0 aromatic rings. The molecule has 0 amide bonds. The Bertz CT molecular complexity index is 164. The molecule has 1 saturated carbocycles. The molecule has 1 heterocycles. The summed E-state index contributed by atoms with van der Waals surface area (Å²) in [6.07, 6.45) is 14.5. The Kier molecular flexibility index (Phi) is 4.49. The molecule has 88 valence electrons. The van der Waals surface area contributed by atoms with E-state index in [9.17, 15) is 0 Å². The first-order valence-corrected chi connectivity index (χ1v) is 7.16. The molecule has 1 aliphatic heterocycles. The minimum Gasteiger partial charge on any atom is -0.311 e. The maximum absolute atomic E-state index is 3.87. The average molecular weight is 209 g/mol. The molecule has 3 atom stereocenters. The van der Waals surface area contributed by atoms with E-state index in [0.29, 0.717) is 0 Å². The molecular weight excluding hydrogens is 182 g/mol. The van der Waals surface area contributed by atoms with E-state index in [2.05, 4.69) is 12.2 Å². The van der Waals surface area contributed by atoms with Crippen LogP contribution < -0.4 is 5.32 Å². The fraction of sp³-hybridized carbons (Fsp3) is 1.00. The van der Waals surface area contributed by atoms with Crippen molar-refractivity contribution in [3.63, 3.8) is 0 Å². The summed E-state index contributed by atoms with van der Waals surface area (Å²) < 4.78 is 0. The van der Waals surface area contributed by atoms with Crippen LogP contribution in [0.15, 0.2) is 0 Å². The van der Waals surface area contributed by atoms with E-state index < -0.39 is 0 Å². The van der Waals surface area contributed by atoms with E-state index in [-0.39, 0.29) is 0 Å². The summed E-state index contributed by atoms with van der Waals surface area (Å²) in [7, 11) is 0. The van der Waals surface area contributed by atoms with Crippen molar-refractivity contribution in [2.45, 2.75) is 83.2 Å². The summed E-state index contributed by atoms with van der Waals surface area (Å²) in [6.45, 7) is 2.29. The van der Waals surface area contributed by atoms with E-state index in [1.54, 1.807) is 0 Å². The third kappa shape index (κ3) is 3.21. The summed E-state index contributed by atoms with van der Waals surface area (Å²) in [5.41, 5.74) is 0. The first-order valence-electron chi connectivity index (χ1n) is 7.16. The van der Waals surface area contributed by atoms with Gasteiger partial charge in [-0.25, -0.2) is 0 Å². The van der Waals surface area contributed by atoms with Crippen molar-refractivity contribution in [2.75, 3.05) is 0 Å². The second kappa shape index (κ2) is 5.89. The Labute approximate surface area is 95.0 Å². The van der Waals surface area contributed by atoms with Gasteiger partial charge in [-0.15, -0.1) is 0 Å². The lowest BCUT2D eigenvalue weighted by atomic mass is 9.85. The lowest BCUT2D eigenvalue weighted by Gasteiger charge is -2.24. The zero-order valence-electron chi connectivity index (χ0n) is 10.3. The highest BCUT2D eigenvalue weighted by molar-refractivity contribution is 4.92. The van der Waals surface area contributed by atoms with Crippen LogP contribution in [-0.4, -0.2) is 12.1 Å². The molecule has 3 unspecified atom stereocenters. The maximum Gasteiger partial charge on any atom is 0.00984 e. The van der Waals surface area contributed by atoms with Crippen molar-refractivity contribution in [3.8, 4) is 0 Å². The molecule has 1 heteroatoms. The lowest BCUT2D eigenvalue weighted by molar-refractivity contribution is 0.325. The van der Waals surface area contributed by atoms with Crippen molar-refractivity contribution in [3.05, 3.63) is 0 Å². The smallest absolute Gasteiger partial charge is 0.00984 e. The molecule has 0 aromatic heterocycles. The van der Waals surface area contributed by atoms with E-state index in [1.165, 1.54) is 64.2 Å². The topological polar surface area (TPSA) is 12.0 Å². The van der Waals surface area contributed by atoms with Crippen LogP contribution in [0.1, 0.15) is 71.1 Å². The summed E-state index contributed by atoms with van der Waals surface area (Å²) in [5, 5.41) is 3.87. The van der Waals surface area contributed by atoms with Gasteiger partial charge in [-0.2, -0.15) is 0 Å². The van der Waals surface area contributed by atoms with Gasteiger partial charge in [0.2, 0.25) is 0 Å². The predicted octanol–water partition coefficient (Wildman–Crippen LogP) is 3.88. The largest absolute Gasteiger partial charge is 0.311 e. The molecule has 2 rings (SSSR count). The molecule has 0 radical (unpaired) electrons. The highest BCUT2D eigenvalue weighted by Gasteiger charge is 2.34. The Morgan fingerprint density at radius 3 is 2.73 bits per heavy atom. The number of unbranched alkanes of at least 4 members (excludes halogenated alkanes) is 3. The Morgan fingerprint density at radius 2 is 1.93 bits per heavy atom. The van der Waals surface area contributed by atoms with Gasteiger partial charge < -0.3 is 5.32 Å². The Hall–Kier alpha value is -0.0400. The fourth-order valence-electron chi connectivity index (χ4n) is 3.46. The molecule has 0 aromatic carbocycles. The molecule has 2 aliphatic rings. The molecule has 1 N–H and O–H groups in total. The molecule has 1 aliphatic carbocycles. The third-order valence-corrected chi connectivity index (χ3v) is 4.35. The Morgan fingerprint density at radius 1 is 1.07 bits per heavy atom. The van der Waals surface area contributed by atoms with Crippen molar-refractivity contribution >= 4 is 0 Å². The van der Waals surface area contributed by atoms with Crippen molar-refractivity contribution in [1.82, 2.24) is 5.32 Å². The minimum absolute atomic E-state index is 0.870. The second-order valence-electron chi connectivity index (χ2n) is 5.60. The van der Waals surface area contributed by atoms with Gasteiger partial charge in [-0.3, -0.25) is 0 Å². The quantitative estimate of drug-likeness (QED) is 0.678. The SMILES string of the molecule is CCCCCCC1CC2CCCCC2N1. The van der Waals surface area contributed by atoms with Crippen molar-refractivity contribution in [2.24, 2.45) is 5.92 Å². The van der Waals surface area contributed by atoms with Gasteiger partial charge in [0.25, 0.3) is 0 Å². The lowest BCUT2D eigenvalue weighted by Crippen LogP contribution is -2.33. The first kappa shape index (κ1) is 11.4. The van der Waals surface area contributed by atoms with Gasteiger partial charge in [0.15, 0.2) is 0 Å². The average Bonchev–Trinajstić information content (AvgIpc) is 2.67. The summed E-state index contributed by atoms with van der Waals surface area (Å²) in [6, 6.07) is 1.77. The van der Waals surface area contributed by atoms with Crippen LogP contribution in [0.3, 0.4) is 0 Å². The predicted molar refractivity (Wildman–Crippen MR) is 66.0 cm³/mol. The normalized spacial score (nSPS) is 35.4. The van der Waals surface area contributed by atoms with Gasteiger partial charge in [-0.05, 0) is 31.6 Å². The zero-order chi connectivity index (χ0) is 10.5. The zero-order valence-corrected chi connectivity index (χ0v) is 10.3. The van der Waals surface area contributed by atoms with Crippen LogP contribution in [0.2, 0.25) is 0 Å². The molecule has 1 nitrogen and oxygen atoms in total. The Balaban J connectivity index is 1.63. The van der Waals surface area contributed by atoms with Gasteiger partial charge in [-0.1, -0.05) is 45.4 Å². The minimum atomic E-state index is 0.870. The standard InChI is InChI=1S/C14H27N/c1-2-3-4-5-9-13-11-12-8-6-7-10-14(12)15-13/h12-15H,2-11H2,1H3. The summed E-state index contributed by atoms with van der Waals surface area (Å²) in [5.74, 6) is 1.04. The van der Waals surface area contributed by atoms with Crippen LogP contribution >= 0.6 is 0 Å². The first-order chi connectivity index (χ1) is 7.40. The number of hydrogen-bond acceptors (Lipinski definition) is 1. The highest BCUT2D eigenvalue weighted by atomic mass is 15.0. The number of rotatable bonds is 5. The molecule has 1 saturated heterocycles. The van der Waals surface area contributed by atoms with Gasteiger partial charge >= 0.3 is 0 Å². The van der Waals surface area contributed by atoms with Crippen LogP contribution in [0, 0.1) is 5.92 Å². The monoisotopic (exact) mass is 209 g/mol. The van der Waals surface area contributed by atoms with Gasteiger partial charge in [0, 0.05) is 12.1 Å². The maximum atomic E-state index is 3.87. The third-order valence-electron chi connectivity index (χ3n) is 4.35. The van der Waals surface area contributed by atoms with Crippen LogP contribution in [0.25, 0.3) is 0 Å². The number of hydrogen-bond donors (Lipinski definition) is 1. The van der Waals surface area contributed by atoms with Gasteiger partial charge in [0.05, 0.1) is 0 Å². The van der Waals surface area contributed by atoms with Crippen molar-refractivity contribution in [1.29, 1.82) is 0 Å². The van der Waals surface area contributed by atoms with E-state index in [0.717, 1.165) is 18.0 Å².